The van der Waals surface area contributed by atoms with E-state index in [4.69, 9.17) is 0 Å². The van der Waals surface area contributed by atoms with Gasteiger partial charge in [0.1, 0.15) is 0 Å². The molecule has 0 bridgehead atoms. The van der Waals surface area contributed by atoms with Crippen LogP contribution in [-0.2, 0) is 6.42 Å². The maximum absolute atomic E-state index is 11.3. The molecule has 1 aromatic carbocycles. The summed E-state index contributed by atoms with van der Waals surface area (Å²) in [6, 6.07) is 8.21. The molecule has 17 heavy (non-hydrogen) atoms. The fourth-order valence-corrected chi connectivity index (χ4v) is 2.29. The summed E-state index contributed by atoms with van der Waals surface area (Å²) >= 11 is 1.31. The molecule has 0 aliphatic heterocycles. The van der Waals surface area contributed by atoms with Gasteiger partial charge in [-0.25, -0.2) is 0 Å². The zero-order valence-electron chi connectivity index (χ0n) is 9.82. The van der Waals surface area contributed by atoms with Crippen molar-refractivity contribution < 1.29 is 4.79 Å². The minimum atomic E-state index is 0.0624. The van der Waals surface area contributed by atoms with E-state index in [1.54, 1.807) is 0 Å². The highest BCUT2D eigenvalue weighted by atomic mass is 32.2. The Morgan fingerprint density at radius 1 is 1.41 bits per heavy atom. The van der Waals surface area contributed by atoms with Crippen molar-refractivity contribution in [1.29, 1.82) is 0 Å². The molecule has 0 unspecified atom stereocenters. The summed E-state index contributed by atoms with van der Waals surface area (Å²) < 4.78 is 0. The topological polar surface area (TPSA) is 44.9 Å². The van der Waals surface area contributed by atoms with Crippen LogP contribution >= 0.6 is 11.8 Å². The van der Waals surface area contributed by atoms with Gasteiger partial charge < -0.3 is 10.3 Å². The van der Waals surface area contributed by atoms with E-state index in [-0.39, 0.29) is 5.24 Å². The van der Waals surface area contributed by atoms with Gasteiger partial charge in [-0.1, -0.05) is 36.9 Å². The number of nitrogens with one attached hydrogen (secondary N) is 2. The van der Waals surface area contributed by atoms with E-state index in [9.17, 15) is 4.79 Å². The first-order chi connectivity index (χ1) is 8.31. The molecule has 1 heterocycles. The molecule has 2 aromatic rings. The van der Waals surface area contributed by atoms with Gasteiger partial charge in [0.25, 0.3) is 5.24 Å². The van der Waals surface area contributed by atoms with E-state index >= 15 is 0 Å². The van der Waals surface area contributed by atoms with Gasteiger partial charge in [0.2, 0.25) is 0 Å². The van der Waals surface area contributed by atoms with Gasteiger partial charge in [-0.15, -0.1) is 0 Å². The molecule has 0 aliphatic rings. The normalized spacial score (nSPS) is 10.6. The SMILES string of the molecule is CCSC(=O)NCCc1c[nH]c2ccccc12. The summed E-state index contributed by atoms with van der Waals surface area (Å²) in [4.78, 5) is 14.5. The van der Waals surface area contributed by atoms with Crippen LogP contribution in [-0.4, -0.2) is 22.5 Å². The van der Waals surface area contributed by atoms with E-state index in [1.165, 1.54) is 22.7 Å². The standard InChI is InChI=1S/C13H16N2OS/c1-2-17-13(16)14-8-7-10-9-15-12-6-4-3-5-11(10)12/h3-6,9,15H,2,7-8H2,1H3,(H,14,16). The largest absolute Gasteiger partial charge is 0.361 e. The van der Waals surface area contributed by atoms with Crippen LogP contribution in [0.15, 0.2) is 30.5 Å². The molecule has 2 rings (SSSR count). The van der Waals surface area contributed by atoms with Crippen LogP contribution in [0.25, 0.3) is 10.9 Å². The molecule has 2 N–H and O–H groups in total. The third kappa shape index (κ3) is 3.03. The van der Waals surface area contributed by atoms with Gasteiger partial charge in [0.05, 0.1) is 0 Å². The van der Waals surface area contributed by atoms with Crippen LogP contribution in [0.4, 0.5) is 4.79 Å². The van der Waals surface area contributed by atoms with Crippen molar-refractivity contribution in [2.24, 2.45) is 0 Å². The third-order valence-electron chi connectivity index (χ3n) is 2.61. The number of benzene rings is 1. The van der Waals surface area contributed by atoms with E-state index in [0.29, 0.717) is 6.54 Å². The number of rotatable bonds is 4. The Balaban J connectivity index is 1.93. The van der Waals surface area contributed by atoms with Crippen molar-refractivity contribution in [3.63, 3.8) is 0 Å². The summed E-state index contributed by atoms with van der Waals surface area (Å²) in [7, 11) is 0. The number of hydrogen-bond donors (Lipinski definition) is 2. The highest BCUT2D eigenvalue weighted by molar-refractivity contribution is 8.13. The van der Waals surface area contributed by atoms with Crippen molar-refractivity contribution in [1.82, 2.24) is 10.3 Å². The summed E-state index contributed by atoms with van der Waals surface area (Å²) in [5.41, 5.74) is 2.40. The molecule has 3 nitrogen and oxygen atoms in total. The van der Waals surface area contributed by atoms with Crippen LogP contribution in [0.3, 0.4) is 0 Å². The maximum atomic E-state index is 11.3. The lowest BCUT2D eigenvalue weighted by atomic mass is 10.1. The number of thioether (sulfide) groups is 1. The Morgan fingerprint density at radius 2 is 2.24 bits per heavy atom. The highest BCUT2D eigenvalue weighted by Crippen LogP contribution is 2.17. The second kappa shape index (κ2) is 5.77. The summed E-state index contributed by atoms with van der Waals surface area (Å²) in [5, 5.41) is 4.20. The van der Waals surface area contributed by atoms with Gasteiger partial charge in [0.15, 0.2) is 0 Å². The molecule has 4 heteroatoms. The Labute approximate surface area is 105 Å². The highest BCUT2D eigenvalue weighted by Gasteiger charge is 2.03. The molecule has 0 spiro atoms. The molecule has 0 atom stereocenters. The van der Waals surface area contributed by atoms with Crippen LogP contribution in [0.5, 0.6) is 0 Å². The first-order valence-electron chi connectivity index (χ1n) is 5.77. The smallest absolute Gasteiger partial charge is 0.279 e. The second-order valence-electron chi connectivity index (χ2n) is 3.76. The van der Waals surface area contributed by atoms with Gasteiger partial charge in [0, 0.05) is 23.6 Å². The fourth-order valence-electron chi connectivity index (χ4n) is 1.82. The van der Waals surface area contributed by atoms with Crippen molar-refractivity contribution >= 4 is 27.9 Å². The second-order valence-corrected chi connectivity index (χ2v) is 4.99. The molecule has 90 valence electrons. The number of fused-ring (bicyclic) bond motifs is 1. The predicted molar refractivity (Wildman–Crippen MR) is 73.5 cm³/mol. The van der Waals surface area contributed by atoms with Crippen LogP contribution in [0, 0.1) is 0 Å². The van der Waals surface area contributed by atoms with Crippen molar-refractivity contribution in [3.05, 3.63) is 36.0 Å². The lowest BCUT2D eigenvalue weighted by Gasteiger charge is -2.02. The van der Waals surface area contributed by atoms with Crippen LogP contribution in [0.1, 0.15) is 12.5 Å². The summed E-state index contributed by atoms with van der Waals surface area (Å²) in [6.45, 7) is 2.66. The average Bonchev–Trinajstić information content (AvgIpc) is 2.73. The molecular weight excluding hydrogens is 232 g/mol. The minimum absolute atomic E-state index is 0.0624. The number of amides is 1. The molecule has 0 fully saturated rings. The monoisotopic (exact) mass is 248 g/mol. The summed E-state index contributed by atoms with van der Waals surface area (Å²) in [5.74, 6) is 0.818. The fraction of sp³-hybridized carbons (Fsp3) is 0.308. The maximum Gasteiger partial charge on any atom is 0.279 e. The lowest BCUT2D eigenvalue weighted by Crippen LogP contribution is -2.21. The molecule has 1 aromatic heterocycles. The lowest BCUT2D eigenvalue weighted by molar-refractivity contribution is 0.261. The predicted octanol–water partition coefficient (Wildman–Crippen LogP) is 3.17. The van der Waals surface area contributed by atoms with Gasteiger partial charge in [-0.2, -0.15) is 0 Å². The van der Waals surface area contributed by atoms with Gasteiger partial charge in [-0.3, -0.25) is 4.79 Å². The van der Waals surface area contributed by atoms with E-state index in [2.05, 4.69) is 22.4 Å². The number of carbonyl (C=O) groups excluding carboxylic acids is 1. The molecule has 1 amide bonds. The van der Waals surface area contributed by atoms with Crippen molar-refractivity contribution in [2.75, 3.05) is 12.3 Å². The number of H-pyrrole nitrogens is 1. The number of aromatic amines is 1. The quantitative estimate of drug-likeness (QED) is 0.873. The Hall–Kier alpha value is -1.42. The first kappa shape index (κ1) is 12.0. The molecular formula is C13H16N2OS. The molecule has 0 aliphatic carbocycles. The van der Waals surface area contributed by atoms with Crippen LogP contribution < -0.4 is 5.32 Å². The minimum Gasteiger partial charge on any atom is -0.361 e. The molecule has 0 radical (unpaired) electrons. The van der Waals surface area contributed by atoms with Crippen molar-refractivity contribution in [2.45, 2.75) is 13.3 Å². The average molecular weight is 248 g/mol. The molecule has 0 saturated carbocycles. The first-order valence-corrected chi connectivity index (χ1v) is 6.75. The zero-order valence-corrected chi connectivity index (χ0v) is 10.6. The third-order valence-corrected chi connectivity index (χ3v) is 3.31. The summed E-state index contributed by atoms with van der Waals surface area (Å²) in [6.07, 6.45) is 2.88. The van der Waals surface area contributed by atoms with Gasteiger partial charge >= 0.3 is 0 Å². The molecule has 0 saturated heterocycles. The number of aromatic nitrogens is 1. The van der Waals surface area contributed by atoms with E-state index in [0.717, 1.165) is 17.7 Å². The van der Waals surface area contributed by atoms with E-state index < -0.39 is 0 Å². The Kier molecular flexibility index (Phi) is 4.09. The zero-order chi connectivity index (χ0) is 12.1. The number of para-hydroxylation sites is 1. The Morgan fingerprint density at radius 3 is 3.06 bits per heavy atom. The number of carbonyl (C=O) groups is 1. The van der Waals surface area contributed by atoms with Gasteiger partial charge in [-0.05, 0) is 23.8 Å². The van der Waals surface area contributed by atoms with Crippen LogP contribution in [0.2, 0.25) is 0 Å². The number of hydrogen-bond acceptors (Lipinski definition) is 2. The van der Waals surface area contributed by atoms with E-state index in [1.807, 2.05) is 25.3 Å². The Bertz CT molecular complexity index is 507. The van der Waals surface area contributed by atoms with Crippen molar-refractivity contribution in [3.8, 4) is 0 Å².